The van der Waals surface area contributed by atoms with Crippen LogP contribution in [-0.4, -0.2) is 26.0 Å². The molecule has 7 heteroatoms. The Morgan fingerprint density at radius 2 is 2.17 bits per heavy atom. The Kier molecular flexibility index (Phi) is 3.76. The number of benzene rings is 1. The quantitative estimate of drug-likeness (QED) is 0.687. The number of carboxylic acids is 1. The molecule has 3 rings (SSSR count). The fraction of sp³-hybridized carbons (Fsp3) is 0.0625. The van der Waals surface area contributed by atoms with Gasteiger partial charge in [0.05, 0.1) is 5.69 Å². The fourth-order valence-corrected chi connectivity index (χ4v) is 2.14. The Labute approximate surface area is 131 Å². The Balaban J connectivity index is 1.93. The molecule has 0 fully saturated rings. The van der Waals surface area contributed by atoms with E-state index in [9.17, 15) is 9.18 Å². The predicted octanol–water partition coefficient (Wildman–Crippen LogP) is 3.36. The van der Waals surface area contributed by atoms with Crippen molar-refractivity contribution in [3.8, 4) is 11.3 Å². The molecule has 6 nitrogen and oxygen atoms in total. The van der Waals surface area contributed by atoms with Crippen LogP contribution in [0.1, 0.15) is 16.1 Å². The number of carbonyl (C=O) groups is 1. The highest BCUT2D eigenvalue weighted by Gasteiger charge is 2.12. The fourth-order valence-electron chi connectivity index (χ4n) is 2.14. The van der Waals surface area contributed by atoms with Gasteiger partial charge < -0.3 is 15.4 Å². The molecule has 0 saturated carbocycles. The minimum absolute atomic E-state index is 0.0812. The van der Waals surface area contributed by atoms with Gasteiger partial charge in [-0.15, -0.1) is 0 Å². The van der Waals surface area contributed by atoms with Crippen LogP contribution in [0.3, 0.4) is 0 Å². The summed E-state index contributed by atoms with van der Waals surface area (Å²) in [6.07, 6.45) is 3.20. The third kappa shape index (κ3) is 3.18. The van der Waals surface area contributed by atoms with Crippen LogP contribution in [0.15, 0.2) is 42.7 Å². The zero-order chi connectivity index (χ0) is 16.4. The zero-order valence-corrected chi connectivity index (χ0v) is 12.2. The number of nitrogens with zero attached hydrogens (tertiary/aromatic N) is 2. The van der Waals surface area contributed by atoms with Gasteiger partial charge in [-0.2, -0.15) is 0 Å². The first-order valence-corrected chi connectivity index (χ1v) is 6.81. The molecule has 0 atom stereocenters. The van der Waals surface area contributed by atoms with Gasteiger partial charge in [0.1, 0.15) is 11.5 Å². The van der Waals surface area contributed by atoms with E-state index in [4.69, 9.17) is 5.11 Å². The number of anilines is 2. The Bertz CT molecular complexity index is 876. The topological polar surface area (TPSA) is 90.9 Å². The van der Waals surface area contributed by atoms with Crippen molar-refractivity contribution in [1.29, 1.82) is 0 Å². The lowest BCUT2D eigenvalue weighted by atomic mass is 10.1. The van der Waals surface area contributed by atoms with Gasteiger partial charge in [-0.3, -0.25) is 0 Å². The van der Waals surface area contributed by atoms with Crippen molar-refractivity contribution in [2.24, 2.45) is 0 Å². The first-order valence-electron chi connectivity index (χ1n) is 6.81. The number of H-pyrrole nitrogens is 1. The summed E-state index contributed by atoms with van der Waals surface area (Å²) in [4.78, 5) is 22.2. The van der Waals surface area contributed by atoms with Gasteiger partial charge in [0.15, 0.2) is 0 Å². The highest BCUT2D eigenvalue weighted by Crippen LogP contribution is 2.24. The van der Waals surface area contributed by atoms with Gasteiger partial charge in [-0.1, -0.05) is 6.07 Å². The van der Waals surface area contributed by atoms with E-state index in [1.165, 1.54) is 18.2 Å². The number of rotatable bonds is 4. The average molecular weight is 312 g/mol. The maximum atomic E-state index is 13.2. The van der Waals surface area contributed by atoms with Crippen LogP contribution in [0.25, 0.3) is 11.3 Å². The van der Waals surface area contributed by atoms with Crippen molar-refractivity contribution in [2.45, 2.75) is 6.92 Å². The first-order chi connectivity index (χ1) is 11.0. The Morgan fingerprint density at radius 1 is 1.35 bits per heavy atom. The molecule has 2 heterocycles. The molecule has 0 saturated heterocycles. The molecule has 0 spiro atoms. The molecule has 0 aliphatic carbocycles. The molecule has 0 bridgehead atoms. The van der Waals surface area contributed by atoms with E-state index < -0.39 is 5.97 Å². The lowest BCUT2D eigenvalue weighted by molar-refractivity contribution is 0.0691. The van der Waals surface area contributed by atoms with Gasteiger partial charge >= 0.3 is 5.97 Å². The van der Waals surface area contributed by atoms with Crippen LogP contribution in [0, 0.1) is 12.7 Å². The highest BCUT2D eigenvalue weighted by molar-refractivity contribution is 5.87. The minimum atomic E-state index is -1.04. The van der Waals surface area contributed by atoms with E-state index in [0.29, 0.717) is 22.9 Å². The van der Waals surface area contributed by atoms with E-state index in [-0.39, 0.29) is 11.5 Å². The zero-order valence-electron chi connectivity index (χ0n) is 12.2. The van der Waals surface area contributed by atoms with Crippen molar-refractivity contribution in [2.75, 3.05) is 5.32 Å². The number of hydrogen-bond donors (Lipinski definition) is 3. The normalized spacial score (nSPS) is 10.5. The second-order valence-corrected chi connectivity index (χ2v) is 4.97. The summed E-state index contributed by atoms with van der Waals surface area (Å²) in [5.41, 5.74) is 2.65. The summed E-state index contributed by atoms with van der Waals surface area (Å²) in [5, 5.41) is 11.9. The summed E-state index contributed by atoms with van der Waals surface area (Å²) < 4.78 is 13.2. The molecule has 1 aromatic carbocycles. The van der Waals surface area contributed by atoms with Crippen LogP contribution >= 0.6 is 0 Å². The lowest BCUT2D eigenvalue weighted by Crippen LogP contribution is -2.00. The monoisotopic (exact) mass is 312 g/mol. The molecule has 2 aromatic heterocycles. The number of nitrogens with one attached hydrogen (secondary N) is 2. The molecule has 3 aromatic rings. The van der Waals surface area contributed by atoms with E-state index in [0.717, 1.165) is 5.56 Å². The van der Waals surface area contributed by atoms with Gasteiger partial charge in [0.25, 0.3) is 0 Å². The third-order valence-electron chi connectivity index (χ3n) is 3.24. The number of aromatic amines is 1. The van der Waals surface area contributed by atoms with Gasteiger partial charge in [-0.25, -0.2) is 19.2 Å². The lowest BCUT2D eigenvalue weighted by Gasteiger charge is -2.08. The smallest absolute Gasteiger partial charge is 0.352 e. The molecule has 23 heavy (non-hydrogen) atoms. The number of hydrogen-bond acceptors (Lipinski definition) is 4. The summed E-state index contributed by atoms with van der Waals surface area (Å²) in [6, 6.07) is 7.47. The summed E-state index contributed by atoms with van der Waals surface area (Å²) in [7, 11) is 0. The van der Waals surface area contributed by atoms with E-state index in [1.54, 1.807) is 24.5 Å². The molecular weight excluding hydrogens is 299 g/mol. The van der Waals surface area contributed by atoms with E-state index in [2.05, 4.69) is 20.3 Å². The average Bonchev–Trinajstić information content (AvgIpc) is 2.99. The minimum Gasteiger partial charge on any atom is -0.477 e. The van der Waals surface area contributed by atoms with Gasteiger partial charge in [-0.05, 0) is 36.8 Å². The Morgan fingerprint density at radius 3 is 2.87 bits per heavy atom. The first kappa shape index (κ1) is 14.7. The van der Waals surface area contributed by atoms with E-state index in [1.807, 2.05) is 6.92 Å². The Hall–Kier alpha value is -3.22. The second-order valence-electron chi connectivity index (χ2n) is 4.97. The second kappa shape index (κ2) is 5.88. The molecule has 3 N–H and O–H groups in total. The summed E-state index contributed by atoms with van der Waals surface area (Å²) in [6.45, 7) is 1.83. The summed E-state index contributed by atoms with van der Waals surface area (Å²) >= 11 is 0. The van der Waals surface area contributed by atoms with Crippen LogP contribution in [0.4, 0.5) is 16.0 Å². The standard InChI is InChI=1S/C16H13FN4O2/c1-9-7-19-16(20-12-4-2-3-11(17)6-12)21-14(9)10-5-13(15(22)23)18-8-10/h2-8,18H,1H3,(H,22,23)(H,19,20,21). The predicted molar refractivity (Wildman–Crippen MR) is 83.2 cm³/mol. The van der Waals surface area contributed by atoms with Crippen LogP contribution in [0.2, 0.25) is 0 Å². The van der Waals surface area contributed by atoms with Crippen molar-refractivity contribution >= 4 is 17.6 Å². The van der Waals surface area contributed by atoms with Crippen molar-refractivity contribution in [1.82, 2.24) is 15.0 Å². The molecule has 0 radical (unpaired) electrons. The molecule has 0 unspecified atom stereocenters. The molecule has 0 aliphatic rings. The molecular formula is C16H13FN4O2. The molecule has 0 amide bonds. The number of aryl methyl sites for hydroxylation is 1. The van der Waals surface area contributed by atoms with Crippen molar-refractivity contribution in [3.63, 3.8) is 0 Å². The van der Waals surface area contributed by atoms with E-state index >= 15 is 0 Å². The molecule has 0 aliphatic heterocycles. The van der Waals surface area contributed by atoms with Gasteiger partial charge in [0, 0.05) is 23.6 Å². The van der Waals surface area contributed by atoms with Crippen LogP contribution in [0.5, 0.6) is 0 Å². The van der Waals surface area contributed by atoms with Crippen LogP contribution < -0.4 is 5.32 Å². The SMILES string of the molecule is Cc1cnc(Nc2cccc(F)c2)nc1-c1c[nH]c(C(=O)O)c1. The number of aromatic nitrogens is 3. The number of carboxylic acid groups (broad SMARTS) is 1. The number of aromatic carboxylic acids is 1. The highest BCUT2D eigenvalue weighted by atomic mass is 19.1. The third-order valence-corrected chi connectivity index (χ3v) is 3.24. The number of halogens is 1. The maximum absolute atomic E-state index is 13.2. The van der Waals surface area contributed by atoms with Crippen LogP contribution in [-0.2, 0) is 0 Å². The largest absolute Gasteiger partial charge is 0.477 e. The molecule has 116 valence electrons. The maximum Gasteiger partial charge on any atom is 0.352 e. The van der Waals surface area contributed by atoms with Crippen molar-refractivity contribution in [3.05, 3.63) is 59.8 Å². The summed E-state index contributed by atoms with van der Waals surface area (Å²) in [5.74, 6) is -1.10. The van der Waals surface area contributed by atoms with Crippen molar-refractivity contribution < 1.29 is 14.3 Å². The van der Waals surface area contributed by atoms with Gasteiger partial charge in [0.2, 0.25) is 5.95 Å².